The zero-order valence-electron chi connectivity index (χ0n) is 12.6. The minimum atomic E-state index is -0.232. The number of rotatable bonds is 6. The number of hydrogen-bond donors (Lipinski definition) is 1. The van der Waals surface area contributed by atoms with Gasteiger partial charge in [-0.3, -0.25) is 0 Å². The van der Waals surface area contributed by atoms with Gasteiger partial charge >= 0.3 is 0 Å². The van der Waals surface area contributed by atoms with Crippen molar-refractivity contribution in [1.82, 2.24) is 9.97 Å². The van der Waals surface area contributed by atoms with E-state index in [0.717, 1.165) is 27.2 Å². The van der Waals surface area contributed by atoms with Gasteiger partial charge in [0.2, 0.25) is 0 Å². The van der Waals surface area contributed by atoms with Gasteiger partial charge in [0.25, 0.3) is 0 Å². The predicted molar refractivity (Wildman–Crippen MR) is 93.6 cm³/mol. The number of nitrogens with zero attached hydrogens (tertiary/aromatic N) is 2. The van der Waals surface area contributed by atoms with Crippen LogP contribution < -0.4 is 5.32 Å². The standard InChI is InChI=1S/C16H20IN3O/c1-4-18-15-13(17)11(3)19-16(20-15)14(21-5-2)12-9-7-6-8-10-12/h6-10,14H,4-5H2,1-3H3,(H,18,19,20). The number of anilines is 1. The van der Waals surface area contributed by atoms with Crippen molar-refractivity contribution in [3.05, 3.63) is 51.0 Å². The second-order valence-corrected chi connectivity index (χ2v) is 5.68. The Labute approximate surface area is 139 Å². The third-order valence-electron chi connectivity index (χ3n) is 3.05. The van der Waals surface area contributed by atoms with Gasteiger partial charge < -0.3 is 10.1 Å². The molecule has 112 valence electrons. The Hall–Kier alpha value is -1.21. The van der Waals surface area contributed by atoms with Crippen LogP contribution in [0.3, 0.4) is 0 Å². The first kappa shape index (κ1) is 16.2. The first-order valence-corrected chi connectivity index (χ1v) is 8.19. The van der Waals surface area contributed by atoms with Crippen molar-refractivity contribution in [3.8, 4) is 0 Å². The molecule has 1 heterocycles. The number of hydrogen-bond acceptors (Lipinski definition) is 4. The highest BCUT2D eigenvalue weighted by molar-refractivity contribution is 14.1. The molecule has 0 aliphatic heterocycles. The molecule has 0 fully saturated rings. The maximum absolute atomic E-state index is 5.89. The van der Waals surface area contributed by atoms with Crippen molar-refractivity contribution in [1.29, 1.82) is 0 Å². The summed E-state index contributed by atoms with van der Waals surface area (Å²) in [5.41, 5.74) is 2.04. The summed E-state index contributed by atoms with van der Waals surface area (Å²) in [6, 6.07) is 10.1. The molecule has 1 N–H and O–H groups in total. The highest BCUT2D eigenvalue weighted by atomic mass is 127. The summed E-state index contributed by atoms with van der Waals surface area (Å²) in [4.78, 5) is 9.29. The molecule has 2 aromatic rings. The third kappa shape index (κ3) is 3.91. The Kier molecular flexibility index (Phi) is 5.93. The van der Waals surface area contributed by atoms with Gasteiger partial charge in [-0.25, -0.2) is 9.97 Å². The quantitative estimate of drug-likeness (QED) is 0.750. The maximum Gasteiger partial charge on any atom is 0.164 e. The topological polar surface area (TPSA) is 47.0 Å². The SMILES string of the molecule is CCNc1nc(C(OCC)c2ccccc2)nc(C)c1I. The van der Waals surface area contributed by atoms with Crippen LogP contribution in [0.4, 0.5) is 5.82 Å². The van der Waals surface area contributed by atoms with E-state index in [0.29, 0.717) is 12.4 Å². The summed E-state index contributed by atoms with van der Waals surface area (Å²) in [5.74, 6) is 1.58. The fourth-order valence-corrected chi connectivity index (χ4v) is 2.53. The van der Waals surface area contributed by atoms with Gasteiger partial charge in [0.1, 0.15) is 11.9 Å². The Morgan fingerprint density at radius 3 is 2.52 bits per heavy atom. The Morgan fingerprint density at radius 2 is 1.90 bits per heavy atom. The lowest BCUT2D eigenvalue weighted by Gasteiger charge is -2.18. The second-order valence-electron chi connectivity index (χ2n) is 4.61. The van der Waals surface area contributed by atoms with Crippen molar-refractivity contribution < 1.29 is 4.74 Å². The lowest BCUT2D eigenvalue weighted by molar-refractivity contribution is 0.0850. The van der Waals surface area contributed by atoms with E-state index < -0.39 is 0 Å². The number of benzene rings is 1. The van der Waals surface area contributed by atoms with Gasteiger partial charge in [0, 0.05) is 13.2 Å². The van der Waals surface area contributed by atoms with Crippen LogP contribution in [-0.2, 0) is 4.74 Å². The second kappa shape index (κ2) is 7.70. The van der Waals surface area contributed by atoms with Gasteiger partial charge in [-0.1, -0.05) is 30.3 Å². The zero-order chi connectivity index (χ0) is 15.2. The number of nitrogens with one attached hydrogen (secondary N) is 1. The molecule has 21 heavy (non-hydrogen) atoms. The van der Waals surface area contributed by atoms with Gasteiger partial charge in [-0.05, 0) is 48.9 Å². The van der Waals surface area contributed by atoms with Crippen LogP contribution in [0.1, 0.15) is 37.0 Å². The first-order valence-electron chi connectivity index (χ1n) is 7.11. The van der Waals surface area contributed by atoms with Crippen LogP contribution in [0.2, 0.25) is 0 Å². The van der Waals surface area contributed by atoms with E-state index >= 15 is 0 Å². The van der Waals surface area contributed by atoms with Crippen LogP contribution >= 0.6 is 22.6 Å². The van der Waals surface area contributed by atoms with Crippen molar-refractivity contribution >= 4 is 28.4 Å². The zero-order valence-corrected chi connectivity index (χ0v) is 14.7. The molecular formula is C16H20IN3O. The van der Waals surface area contributed by atoms with Crippen molar-refractivity contribution in [2.75, 3.05) is 18.5 Å². The number of aryl methyl sites for hydroxylation is 1. The van der Waals surface area contributed by atoms with Crippen molar-refractivity contribution in [2.24, 2.45) is 0 Å². The molecule has 1 atom stereocenters. The third-order valence-corrected chi connectivity index (χ3v) is 4.34. The molecule has 1 aromatic heterocycles. The van der Waals surface area contributed by atoms with E-state index in [2.05, 4.69) is 44.8 Å². The van der Waals surface area contributed by atoms with Gasteiger partial charge in [0.05, 0.1) is 9.26 Å². The van der Waals surface area contributed by atoms with Gasteiger partial charge in [-0.2, -0.15) is 0 Å². The summed E-state index contributed by atoms with van der Waals surface area (Å²) in [6.45, 7) is 7.49. The van der Waals surface area contributed by atoms with E-state index in [9.17, 15) is 0 Å². The summed E-state index contributed by atoms with van der Waals surface area (Å²) in [5, 5.41) is 3.29. The highest BCUT2D eigenvalue weighted by Crippen LogP contribution is 2.27. The molecular weight excluding hydrogens is 377 g/mol. The van der Waals surface area contributed by atoms with Crippen molar-refractivity contribution in [3.63, 3.8) is 0 Å². The predicted octanol–water partition coefficient (Wildman–Crippen LogP) is 3.95. The minimum absolute atomic E-state index is 0.232. The van der Waals surface area contributed by atoms with Crippen LogP contribution in [0.15, 0.2) is 30.3 Å². The van der Waals surface area contributed by atoms with Crippen LogP contribution in [0.5, 0.6) is 0 Å². The Bertz CT molecular complexity index is 590. The minimum Gasteiger partial charge on any atom is -0.369 e. The fraction of sp³-hybridized carbons (Fsp3) is 0.375. The molecule has 0 spiro atoms. The largest absolute Gasteiger partial charge is 0.369 e. The normalized spacial score (nSPS) is 12.2. The summed E-state index contributed by atoms with van der Waals surface area (Å²) < 4.78 is 6.94. The highest BCUT2D eigenvalue weighted by Gasteiger charge is 2.20. The molecule has 1 unspecified atom stereocenters. The van der Waals surface area contributed by atoms with Crippen LogP contribution in [0.25, 0.3) is 0 Å². The number of aromatic nitrogens is 2. The van der Waals surface area contributed by atoms with E-state index in [1.807, 2.05) is 44.2 Å². The van der Waals surface area contributed by atoms with E-state index in [1.54, 1.807) is 0 Å². The maximum atomic E-state index is 5.89. The van der Waals surface area contributed by atoms with E-state index in [-0.39, 0.29) is 6.10 Å². The molecule has 0 saturated carbocycles. The molecule has 4 nitrogen and oxygen atoms in total. The van der Waals surface area contributed by atoms with E-state index in [4.69, 9.17) is 4.74 Å². The van der Waals surface area contributed by atoms with Crippen LogP contribution in [-0.4, -0.2) is 23.1 Å². The molecule has 0 amide bonds. The molecule has 0 aliphatic rings. The molecule has 0 aliphatic carbocycles. The van der Waals surface area contributed by atoms with Gasteiger partial charge in [0.15, 0.2) is 5.82 Å². The smallest absolute Gasteiger partial charge is 0.164 e. The lowest BCUT2D eigenvalue weighted by atomic mass is 10.1. The average Bonchev–Trinajstić information content (AvgIpc) is 2.50. The number of ether oxygens (including phenoxy) is 1. The average molecular weight is 397 g/mol. The molecule has 2 rings (SSSR count). The summed E-state index contributed by atoms with van der Waals surface area (Å²) in [7, 11) is 0. The first-order chi connectivity index (χ1) is 10.2. The molecule has 1 aromatic carbocycles. The van der Waals surface area contributed by atoms with Crippen molar-refractivity contribution in [2.45, 2.75) is 26.9 Å². The van der Waals surface area contributed by atoms with Gasteiger partial charge in [-0.15, -0.1) is 0 Å². The molecule has 0 bridgehead atoms. The Morgan fingerprint density at radius 1 is 1.19 bits per heavy atom. The Balaban J connectivity index is 2.45. The molecule has 5 heteroatoms. The summed E-state index contributed by atoms with van der Waals surface area (Å²) >= 11 is 2.28. The summed E-state index contributed by atoms with van der Waals surface area (Å²) in [6.07, 6.45) is -0.232. The molecule has 0 radical (unpaired) electrons. The fourth-order valence-electron chi connectivity index (χ4n) is 2.10. The lowest BCUT2D eigenvalue weighted by Crippen LogP contribution is -2.14. The van der Waals surface area contributed by atoms with Crippen LogP contribution in [0, 0.1) is 10.5 Å². The molecule has 0 saturated heterocycles. The monoisotopic (exact) mass is 397 g/mol. The van der Waals surface area contributed by atoms with E-state index in [1.165, 1.54) is 0 Å². The number of halogens is 1.